The molecule has 10 heteroatoms. The Hall–Kier alpha value is -1.51. The van der Waals surface area contributed by atoms with Crippen LogP contribution in [0, 0.1) is 0 Å². The lowest BCUT2D eigenvalue weighted by Gasteiger charge is -2.28. The topological polar surface area (TPSA) is 111 Å². The average Bonchev–Trinajstić information content (AvgIpc) is 3.16. The zero-order valence-electron chi connectivity index (χ0n) is 37.8. The Labute approximate surface area is 351 Å². The van der Waals surface area contributed by atoms with Crippen molar-refractivity contribution in [2.45, 2.75) is 219 Å². The van der Waals surface area contributed by atoms with Gasteiger partial charge in [-0.3, -0.25) is 14.2 Å². The van der Waals surface area contributed by atoms with E-state index in [4.69, 9.17) is 18.5 Å². The molecule has 2 atom stereocenters. The number of quaternary nitrogens is 1. The SMILES string of the molecule is CCCCC/C=C\C/C=C\CCCCCCCCCC(=O)OC(COC(=O)CCCCCCCCCCCCCCCCCC)COP(=O)([O-])OCC[N+](C)(C)C. The van der Waals surface area contributed by atoms with Gasteiger partial charge in [-0.1, -0.05) is 179 Å². The summed E-state index contributed by atoms with van der Waals surface area (Å²) in [5.74, 6) is -0.834. The standard InChI is InChI=1S/C47H90NO8P/c1-6-8-10-12-14-16-18-20-22-24-26-28-30-32-34-36-38-40-47(50)56-45(44-55-57(51,52)54-42-41-48(3,4)5)43-53-46(49)39-37-35-33-31-29-27-25-23-21-19-17-15-13-11-9-7-2/h14,16,20,22,45H,6-13,15,17-19,21,23-44H2,1-5H3/b16-14-,22-20-. The molecule has 0 aromatic rings. The van der Waals surface area contributed by atoms with E-state index in [-0.39, 0.29) is 32.0 Å². The number of likely N-dealkylation sites (N-methyl/N-ethyl adjacent to an activating group) is 1. The molecule has 0 heterocycles. The summed E-state index contributed by atoms with van der Waals surface area (Å²) >= 11 is 0. The van der Waals surface area contributed by atoms with E-state index in [0.29, 0.717) is 17.4 Å². The van der Waals surface area contributed by atoms with Crippen LogP contribution in [0.25, 0.3) is 0 Å². The van der Waals surface area contributed by atoms with Gasteiger partial charge in [0, 0.05) is 12.8 Å². The summed E-state index contributed by atoms with van der Waals surface area (Å²) in [4.78, 5) is 37.6. The Balaban J connectivity index is 4.31. The van der Waals surface area contributed by atoms with Crippen LogP contribution in [-0.4, -0.2) is 70.0 Å². The maximum absolute atomic E-state index is 12.7. The highest BCUT2D eigenvalue weighted by Crippen LogP contribution is 2.38. The third kappa shape index (κ3) is 43.9. The lowest BCUT2D eigenvalue weighted by Crippen LogP contribution is -2.37. The van der Waals surface area contributed by atoms with Gasteiger partial charge >= 0.3 is 11.9 Å². The zero-order valence-corrected chi connectivity index (χ0v) is 38.7. The summed E-state index contributed by atoms with van der Waals surface area (Å²) in [6, 6.07) is 0. The van der Waals surface area contributed by atoms with Crippen molar-refractivity contribution in [3.8, 4) is 0 Å². The number of nitrogens with zero attached hydrogens (tertiary/aromatic N) is 1. The van der Waals surface area contributed by atoms with Gasteiger partial charge in [-0.15, -0.1) is 0 Å². The first-order valence-corrected chi connectivity index (χ1v) is 25.0. The minimum atomic E-state index is -4.62. The van der Waals surface area contributed by atoms with Crippen LogP contribution >= 0.6 is 7.82 Å². The Kier molecular flexibility index (Phi) is 38.9. The van der Waals surface area contributed by atoms with Crippen LogP contribution in [0.3, 0.4) is 0 Å². The second-order valence-electron chi connectivity index (χ2n) is 17.1. The summed E-state index contributed by atoms with van der Waals surface area (Å²) in [7, 11) is 1.17. The lowest BCUT2D eigenvalue weighted by atomic mass is 10.0. The quantitative estimate of drug-likeness (QED) is 0.0196. The van der Waals surface area contributed by atoms with E-state index >= 15 is 0 Å². The van der Waals surface area contributed by atoms with Crippen molar-refractivity contribution < 1.29 is 42.1 Å². The van der Waals surface area contributed by atoms with Gasteiger partial charge in [-0.2, -0.15) is 0 Å². The molecular formula is C47H90NO8P. The smallest absolute Gasteiger partial charge is 0.306 e. The third-order valence-corrected chi connectivity index (χ3v) is 11.2. The highest BCUT2D eigenvalue weighted by molar-refractivity contribution is 7.45. The summed E-state index contributed by atoms with van der Waals surface area (Å²) < 4.78 is 34.0. The molecule has 0 aliphatic heterocycles. The number of hydrogen-bond donors (Lipinski definition) is 0. The van der Waals surface area contributed by atoms with Gasteiger partial charge in [-0.25, -0.2) is 0 Å². The lowest BCUT2D eigenvalue weighted by molar-refractivity contribution is -0.870. The van der Waals surface area contributed by atoms with Crippen LogP contribution in [0.5, 0.6) is 0 Å². The molecule has 0 aromatic carbocycles. The largest absolute Gasteiger partial charge is 0.756 e. The molecule has 336 valence electrons. The van der Waals surface area contributed by atoms with E-state index in [0.717, 1.165) is 51.4 Å². The van der Waals surface area contributed by atoms with Crippen LogP contribution in [0.4, 0.5) is 0 Å². The summed E-state index contributed by atoms with van der Waals surface area (Å²) in [5, 5.41) is 0. The van der Waals surface area contributed by atoms with Crippen LogP contribution < -0.4 is 4.89 Å². The van der Waals surface area contributed by atoms with E-state index in [9.17, 15) is 19.0 Å². The molecule has 0 radical (unpaired) electrons. The Morgan fingerprint density at radius 1 is 0.544 bits per heavy atom. The number of allylic oxidation sites excluding steroid dienone is 4. The molecule has 0 aromatic heterocycles. The summed E-state index contributed by atoms with van der Waals surface area (Å²) in [6.45, 7) is 4.22. The summed E-state index contributed by atoms with van der Waals surface area (Å²) in [6.07, 6.45) is 43.4. The minimum Gasteiger partial charge on any atom is -0.756 e. The first-order chi connectivity index (χ1) is 27.5. The van der Waals surface area contributed by atoms with Crippen molar-refractivity contribution in [1.29, 1.82) is 0 Å². The Bertz CT molecular complexity index is 1030. The molecule has 0 rings (SSSR count). The van der Waals surface area contributed by atoms with E-state index in [1.807, 2.05) is 21.1 Å². The second-order valence-corrected chi connectivity index (χ2v) is 18.5. The molecule has 0 aliphatic carbocycles. The monoisotopic (exact) mass is 828 g/mol. The number of unbranched alkanes of at least 4 members (excludes halogenated alkanes) is 25. The van der Waals surface area contributed by atoms with Gasteiger partial charge in [0.05, 0.1) is 27.7 Å². The molecule has 0 spiro atoms. The van der Waals surface area contributed by atoms with Crippen molar-refractivity contribution in [3.63, 3.8) is 0 Å². The van der Waals surface area contributed by atoms with Crippen molar-refractivity contribution >= 4 is 19.8 Å². The van der Waals surface area contributed by atoms with E-state index < -0.39 is 26.5 Å². The molecule has 0 N–H and O–H groups in total. The fraction of sp³-hybridized carbons (Fsp3) is 0.872. The number of esters is 2. The van der Waals surface area contributed by atoms with Crippen LogP contribution in [-0.2, 0) is 32.7 Å². The van der Waals surface area contributed by atoms with Crippen molar-refractivity contribution in [3.05, 3.63) is 24.3 Å². The molecule has 0 aliphatic rings. The number of ether oxygens (including phenoxy) is 2. The first-order valence-electron chi connectivity index (χ1n) is 23.5. The highest BCUT2D eigenvalue weighted by atomic mass is 31.2. The zero-order chi connectivity index (χ0) is 42.1. The van der Waals surface area contributed by atoms with Crippen molar-refractivity contribution in [1.82, 2.24) is 0 Å². The predicted octanol–water partition coefficient (Wildman–Crippen LogP) is 12.9. The number of carbonyl (C=O) groups excluding carboxylic acids is 2. The van der Waals surface area contributed by atoms with E-state index in [1.54, 1.807) is 0 Å². The second kappa shape index (κ2) is 39.9. The Morgan fingerprint density at radius 2 is 0.947 bits per heavy atom. The number of hydrogen-bond acceptors (Lipinski definition) is 8. The van der Waals surface area contributed by atoms with Gasteiger partial charge in [0.2, 0.25) is 0 Å². The molecule has 0 saturated heterocycles. The first kappa shape index (κ1) is 55.5. The molecular weight excluding hydrogens is 737 g/mol. The maximum Gasteiger partial charge on any atom is 0.306 e. The normalized spacial score (nSPS) is 13.7. The average molecular weight is 828 g/mol. The highest BCUT2D eigenvalue weighted by Gasteiger charge is 2.21. The fourth-order valence-corrected chi connectivity index (χ4v) is 7.24. The fourth-order valence-electron chi connectivity index (χ4n) is 6.51. The van der Waals surface area contributed by atoms with Crippen LogP contribution in [0.15, 0.2) is 24.3 Å². The van der Waals surface area contributed by atoms with Crippen LogP contribution in [0.1, 0.15) is 213 Å². The Morgan fingerprint density at radius 3 is 1.42 bits per heavy atom. The minimum absolute atomic E-state index is 0.0306. The van der Waals surface area contributed by atoms with Gasteiger partial charge in [-0.05, 0) is 44.9 Å². The number of rotatable bonds is 43. The molecule has 57 heavy (non-hydrogen) atoms. The third-order valence-electron chi connectivity index (χ3n) is 10.2. The molecule has 0 saturated carbocycles. The maximum atomic E-state index is 12.7. The number of phosphoric ester groups is 1. The number of carbonyl (C=O) groups is 2. The van der Waals surface area contributed by atoms with Gasteiger partial charge in [0.15, 0.2) is 6.10 Å². The van der Waals surface area contributed by atoms with Crippen molar-refractivity contribution in [2.75, 3.05) is 47.5 Å². The van der Waals surface area contributed by atoms with Gasteiger partial charge < -0.3 is 27.9 Å². The molecule has 9 nitrogen and oxygen atoms in total. The van der Waals surface area contributed by atoms with Gasteiger partial charge in [0.1, 0.15) is 19.8 Å². The van der Waals surface area contributed by atoms with Crippen molar-refractivity contribution in [2.24, 2.45) is 0 Å². The van der Waals surface area contributed by atoms with E-state index in [2.05, 4.69) is 38.2 Å². The summed E-state index contributed by atoms with van der Waals surface area (Å²) in [5.41, 5.74) is 0. The molecule has 0 amide bonds. The molecule has 0 fully saturated rings. The molecule has 2 unspecified atom stereocenters. The van der Waals surface area contributed by atoms with E-state index in [1.165, 1.54) is 128 Å². The molecule has 0 bridgehead atoms. The van der Waals surface area contributed by atoms with Gasteiger partial charge in [0.25, 0.3) is 7.82 Å². The number of phosphoric acid groups is 1. The predicted molar refractivity (Wildman–Crippen MR) is 236 cm³/mol. The van der Waals surface area contributed by atoms with Crippen LogP contribution in [0.2, 0.25) is 0 Å².